The second kappa shape index (κ2) is 6.37. The predicted octanol–water partition coefficient (Wildman–Crippen LogP) is 3.58. The first-order valence-electron chi connectivity index (χ1n) is 7.08. The van der Waals surface area contributed by atoms with Gasteiger partial charge < -0.3 is 10.5 Å². The zero-order valence-corrected chi connectivity index (χ0v) is 11.8. The van der Waals surface area contributed by atoms with E-state index in [4.69, 9.17) is 10.5 Å². The summed E-state index contributed by atoms with van der Waals surface area (Å²) in [7, 11) is 0. The van der Waals surface area contributed by atoms with Crippen molar-refractivity contribution in [1.82, 2.24) is 4.98 Å². The van der Waals surface area contributed by atoms with Crippen molar-refractivity contribution in [3.63, 3.8) is 0 Å². The second-order valence-corrected chi connectivity index (χ2v) is 4.99. The van der Waals surface area contributed by atoms with Crippen molar-refractivity contribution in [3.05, 3.63) is 71.9 Å². The van der Waals surface area contributed by atoms with Gasteiger partial charge in [0.15, 0.2) is 0 Å². The summed E-state index contributed by atoms with van der Waals surface area (Å²) in [6, 6.07) is 18.0. The molecule has 0 spiro atoms. The monoisotopic (exact) mass is 278 g/mol. The molecule has 0 saturated heterocycles. The fraction of sp³-hybridized carbons (Fsp3) is 0.167. The number of pyridine rings is 1. The van der Waals surface area contributed by atoms with Crippen molar-refractivity contribution in [2.24, 2.45) is 0 Å². The van der Waals surface area contributed by atoms with Gasteiger partial charge in [-0.1, -0.05) is 36.4 Å². The van der Waals surface area contributed by atoms with Gasteiger partial charge >= 0.3 is 0 Å². The van der Waals surface area contributed by atoms with Gasteiger partial charge in [0.25, 0.3) is 0 Å². The minimum atomic E-state index is 0.593. The van der Waals surface area contributed by atoms with Crippen LogP contribution in [0.5, 0.6) is 0 Å². The number of nitrogens with zero attached hydrogens (tertiary/aromatic N) is 1. The molecule has 0 aliphatic heterocycles. The Morgan fingerprint density at radius 3 is 2.62 bits per heavy atom. The number of benzene rings is 2. The largest absolute Gasteiger partial charge is 0.399 e. The molecule has 0 fully saturated rings. The zero-order valence-electron chi connectivity index (χ0n) is 11.8. The Hall–Kier alpha value is -2.39. The Balaban J connectivity index is 1.61. The van der Waals surface area contributed by atoms with Crippen molar-refractivity contribution in [2.45, 2.75) is 13.0 Å². The van der Waals surface area contributed by atoms with Crippen molar-refractivity contribution in [1.29, 1.82) is 0 Å². The molecule has 106 valence electrons. The minimum Gasteiger partial charge on any atom is -0.399 e. The van der Waals surface area contributed by atoms with E-state index >= 15 is 0 Å². The highest BCUT2D eigenvalue weighted by Crippen LogP contribution is 2.17. The standard InChI is InChI=1S/C18H18N2O/c19-17-7-3-1-5-14(17)10-12-21-13-15-9-11-20-18-8-4-2-6-16(15)18/h1-9,11H,10,12-13,19H2. The number of hydrogen-bond acceptors (Lipinski definition) is 3. The summed E-state index contributed by atoms with van der Waals surface area (Å²) in [4.78, 5) is 4.36. The molecule has 2 N–H and O–H groups in total. The lowest BCUT2D eigenvalue weighted by Crippen LogP contribution is -2.02. The van der Waals surface area contributed by atoms with E-state index in [-0.39, 0.29) is 0 Å². The molecule has 3 heteroatoms. The first-order chi connectivity index (χ1) is 10.3. The van der Waals surface area contributed by atoms with Crippen LogP contribution in [0.4, 0.5) is 5.69 Å². The van der Waals surface area contributed by atoms with Crippen LogP contribution in [0, 0.1) is 0 Å². The van der Waals surface area contributed by atoms with Crippen LogP contribution in [0.25, 0.3) is 10.9 Å². The fourth-order valence-corrected chi connectivity index (χ4v) is 2.41. The van der Waals surface area contributed by atoms with Gasteiger partial charge in [0.2, 0.25) is 0 Å². The van der Waals surface area contributed by atoms with Crippen molar-refractivity contribution in [3.8, 4) is 0 Å². The highest BCUT2D eigenvalue weighted by atomic mass is 16.5. The van der Waals surface area contributed by atoms with Gasteiger partial charge in [-0.2, -0.15) is 0 Å². The smallest absolute Gasteiger partial charge is 0.0724 e. The van der Waals surface area contributed by atoms with Gasteiger partial charge in [0, 0.05) is 17.3 Å². The van der Waals surface area contributed by atoms with Crippen molar-refractivity contribution >= 4 is 16.6 Å². The third kappa shape index (κ3) is 3.20. The number of hydrogen-bond donors (Lipinski definition) is 1. The molecule has 0 aliphatic carbocycles. The maximum atomic E-state index is 5.92. The zero-order chi connectivity index (χ0) is 14.5. The molecule has 0 atom stereocenters. The van der Waals surface area contributed by atoms with E-state index < -0.39 is 0 Å². The van der Waals surface area contributed by atoms with E-state index in [1.807, 2.05) is 54.7 Å². The number of nitrogens with two attached hydrogens (primary N) is 1. The van der Waals surface area contributed by atoms with Crippen LogP contribution in [0.15, 0.2) is 60.8 Å². The van der Waals surface area contributed by atoms with E-state index in [2.05, 4.69) is 11.1 Å². The Kier molecular flexibility index (Phi) is 4.12. The average Bonchev–Trinajstić information content (AvgIpc) is 2.53. The molecule has 1 aromatic heterocycles. The molecule has 3 aromatic rings. The van der Waals surface area contributed by atoms with E-state index in [9.17, 15) is 0 Å². The lowest BCUT2D eigenvalue weighted by Gasteiger charge is -2.08. The first kappa shape index (κ1) is 13.6. The normalized spacial score (nSPS) is 10.9. The SMILES string of the molecule is Nc1ccccc1CCOCc1ccnc2ccccc12. The molecule has 0 bridgehead atoms. The Morgan fingerprint density at radius 1 is 0.905 bits per heavy atom. The van der Waals surface area contributed by atoms with Gasteiger partial charge in [-0.05, 0) is 35.7 Å². The van der Waals surface area contributed by atoms with E-state index in [0.29, 0.717) is 13.2 Å². The predicted molar refractivity (Wildman–Crippen MR) is 86.0 cm³/mol. The molecule has 1 heterocycles. The topological polar surface area (TPSA) is 48.1 Å². The molecule has 3 rings (SSSR count). The van der Waals surface area contributed by atoms with Gasteiger partial charge in [0.1, 0.15) is 0 Å². The highest BCUT2D eigenvalue weighted by molar-refractivity contribution is 5.81. The summed E-state index contributed by atoms with van der Waals surface area (Å²) in [6.45, 7) is 1.25. The van der Waals surface area contributed by atoms with Crippen LogP contribution < -0.4 is 5.73 Å². The molecule has 3 nitrogen and oxygen atoms in total. The van der Waals surface area contributed by atoms with Gasteiger partial charge in [-0.25, -0.2) is 0 Å². The molecule has 0 radical (unpaired) electrons. The maximum Gasteiger partial charge on any atom is 0.0724 e. The summed E-state index contributed by atoms with van der Waals surface area (Å²) in [5.74, 6) is 0. The summed E-state index contributed by atoms with van der Waals surface area (Å²) >= 11 is 0. The molecule has 2 aromatic carbocycles. The number of ether oxygens (including phenoxy) is 1. The third-order valence-electron chi connectivity index (χ3n) is 3.57. The van der Waals surface area contributed by atoms with Crippen molar-refractivity contribution in [2.75, 3.05) is 12.3 Å². The second-order valence-electron chi connectivity index (χ2n) is 4.99. The Bertz CT molecular complexity index is 735. The Morgan fingerprint density at radius 2 is 1.71 bits per heavy atom. The molecular formula is C18H18N2O. The summed E-state index contributed by atoms with van der Waals surface area (Å²) in [6.07, 6.45) is 2.66. The minimum absolute atomic E-state index is 0.593. The van der Waals surface area contributed by atoms with Gasteiger partial charge in [-0.3, -0.25) is 4.98 Å². The maximum absolute atomic E-state index is 5.92. The lowest BCUT2D eigenvalue weighted by molar-refractivity contribution is 0.125. The van der Waals surface area contributed by atoms with Crippen molar-refractivity contribution < 1.29 is 4.74 Å². The van der Waals surface area contributed by atoms with Crippen LogP contribution in [-0.4, -0.2) is 11.6 Å². The van der Waals surface area contributed by atoms with Crippen LogP contribution in [-0.2, 0) is 17.8 Å². The third-order valence-corrected chi connectivity index (χ3v) is 3.57. The van der Waals surface area contributed by atoms with E-state index in [0.717, 1.165) is 28.6 Å². The summed E-state index contributed by atoms with van der Waals surface area (Å²) < 4.78 is 5.80. The molecular weight excluding hydrogens is 260 g/mol. The number of nitrogen functional groups attached to an aromatic ring is 1. The Labute approximate surface area is 124 Å². The number of rotatable bonds is 5. The van der Waals surface area contributed by atoms with E-state index in [1.165, 1.54) is 5.56 Å². The van der Waals surface area contributed by atoms with Crippen LogP contribution >= 0.6 is 0 Å². The lowest BCUT2D eigenvalue weighted by atomic mass is 10.1. The molecule has 0 unspecified atom stereocenters. The number of aromatic nitrogens is 1. The number of anilines is 1. The van der Waals surface area contributed by atoms with Gasteiger partial charge in [0.05, 0.1) is 18.7 Å². The van der Waals surface area contributed by atoms with Crippen LogP contribution in [0.2, 0.25) is 0 Å². The summed E-state index contributed by atoms with van der Waals surface area (Å²) in [5.41, 5.74) is 10.1. The van der Waals surface area contributed by atoms with Crippen LogP contribution in [0.1, 0.15) is 11.1 Å². The first-order valence-corrected chi connectivity index (χ1v) is 7.08. The molecule has 0 saturated carbocycles. The number of fused-ring (bicyclic) bond motifs is 1. The summed E-state index contributed by atoms with van der Waals surface area (Å²) in [5, 5.41) is 1.15. The quantitative estimate of drug-likeness (QED) is 0.573. The van der Waals surface area contributed by atoms with Gasteiger partial charge in [-0.15, -0.1) is 0 Å². The highest BCUT2D eigenvalue weighted by Gasteiger charge is 2.02. The molecule has 21 heavy (non-hydrogen) atoms. The van der Waals surface area contributed by atoms with E-state index in [1.54, 1.807) is 0 Å². The van der Waals surface area contributed by atoms with Crippen LogP contribution in [0.3, 0.4) is 0 Å². The molecule has 0 amide bonds. The molecule has 0 aliphatic rings. The fourth-order valence-electron chi connectivity index (χ4n) is 2.41. The average molecular weight is 278 g/mol. The number of para-hydroxylation sites is 2.